The molecule has 9 heteroatoms. The molecule has 0 aromatic carbocycles. The van der Waals surface area contributed by atoms with Crippen LogP contribution in [0.5, 0.6) is 0 Å². The second-order valence-electron chi connectivity index (χ2n) is 6.32. The lowest BCUT2D eigenvalue weighted by atomic mass is 10.1. The predicted octanol–water partition coefficient (Wildman–Crippen LogP) is 1.29. The molecule has 0 radical (unpaired) electrons. The first kappa shape index (κ1) is 20.5. The summed E-state index contributed by atoms with van der Waals surface area (Å²) in [5.74, 6) is -1.16. The molecule has 0 saturated carbocycles. The molecule has 0 bridgehead atoms. The van der Waals surface area contributed by atoms with E-state index in [0.29, 0.717) is 49.6 Å². The molecule has 0 aliphatic carbocycles. The van der Waals surface area contributed by atoms with E-state index >= 15 is 0 Å². The van der Waals surface area contributed by atoms with Gasteiger partial charge in [0.15, 0.2) is 12.4 Å². The van der Waals surface area contributed by atoms with Crippen molar-refractivity contribution in [2.24, 2.45) is 0 Å². The number of hydrogen-bond donors (Lipinski definition) is 1. The van der Waals surface area contributed by atoms with Crippen molar-refractivity contribution < 1.29 is 28.7 Å². The molecule has 148 valence electrons. The highest BCUT2D eigenvalue weighted by molar-refractivity contribution is 6.01. The lowest BCUT2D eigenvalue weighted by molar-refractivity contribution is -0.136. The maximum atomic E-state index is 12.3. The highest BCUT2D eigenvalue weighted by Crippen LogP contribution is 2.19. The summed E-state index contributed by atoms with van der Waals surface area (Å²) in [6, 6.07) is 0. The summed E-state index contributed by atoms with van der Waals surface area (Å²) < 4.78 is 10.0. The summed E-state index contributed by atoms with van der Waals surface area (Å²) in [4.78, 5) is 53.7. The molecular weight excluding hydrogens is 354 g/mol. The molecule has 0 spiro atoms. The highest BCUT2D eigenvalue weighted by Gasteiger charge is 2.26. The summed E-state index contributed by atoms with van der Waals surface area (Å²) in [6.07, 6.45) is -0.394. The number of H-pyrrole nitrogens is 1. The van der Waals surface area contributed by atoms with E-state index in [1.165, 1.54) is 16.7 Å². The van der Waals surface area contributed by atoms with E-state index in [1.807, 2.05) is 0 Å². The maximum Gasteiger partial charge on any atom is 0.409 e. The highest BCUT2D eigenvalue weighted by atomic mass is 16.6. The Labute approximate surface area is 157 Å². The van der Waals surface area contributed by atoms with Gasteiger partial charge in [-0.25, -0.2) is 9.59 Å². The molecule has 1 fully saturated rings. The van der Waals surface area contributed by atoms with Crippen molar-refractivity contribution in [1.82, 2.24) is 14.8 Å². The van der Waals surface area contributed by atoms with Crippen molar-refractivity contribution in [3.8, 4) is 0 Å². The number of nitrogens with one attached hydrogen (secondary N) is 1. The third kappa shape index (κ3) is 4.66. The summed E-state index contributed by atoms with van der Waals surface area (Å²) in [7, 11) is 0. The molecule has 2 amide bonds. The number of piperazine rings is 1. The summed E-state index contributed by atoms with van der Waals surface area (Å²) in [5, 5.41) is 0. The largest absolute Gasteiger partial charge is 0.451 e. The van der Waals surface area contributed by atoms with E-state index in [4.69, 9.17) is 9.47 Å². The number of carbonyl (C=O) groups is 4. The summed E-state index contributed by atoms with van der Waals surface area (Å²) in [6.45, 7) is 7.88. The number of ether oxygens (including phenoxy) is 2. The fourth-order valence-electron chi connectivity index (χ4n) is 3.13. The molecule has 1 aromatic rings. The summed E-state index contributed by atoms with van der Waals surface area (Å²) >= 11 is 0. The zero-order valence-electron chi connectivity index (χ0n) is 16.1. The number of hydrogen-bond acceptors (Lipinski definition) is 6. The normalized spacial score (nSPS) is 14.1. The molecule has 1 saturated heterocycles. The van der Waals surface area contributed by atoms with Crippen molar-refractivity contribution >= 4 is 23.8 Å². The Morgan fingerprint density at radius 1 is 1.00 bits per heavy atom. The van der Waals surface area contributed by atoms with Crippen LogP contribution >= 0.6 is 0 Å². The Bertz CT molecular complexity index is 747. The van der Waals surface area contributed by atoms with E-state index in [0.717, 1.165) is 0 Å². The Morgan fingerprint density at radius 3 is 2.11 bits per heavy atom. The lowest BCUT2D eigenvalue weighted by Gasteiger charge is -2.33. The molecule has 2 rings (SSSR count). The third-order valence-electron chi connectivity index (χ3n) is 4.48. The first-order chi connectivity index (χ1) is 12.8. The first-order valence-corrected chi connectivity index (χ1v) is 8.82. The monoisotopic (exact) mass is 379 g/mol. The van der Waals surface area contributed by atoms with Gasteiger partial charge in [-0.3, -0.25) is 9.59 Å². The maximum absolute atomic E-state index is 12.3. The van der Waals surface area contributed by atoms with Gasteiger partial charge in [0.05, 0.1) is 6.61 Å². The Morgan fingerprint density at radius 2 is 1.59 bits per heavy atom. The molecule has 2 heterocycles. The van der Waals surface area contributed by atoms with E-state index in [-0.39, 0.29) is 17.4 Å². The van der Waals surface area contributed by atoms with Crippen molar-refractivity contribution in [2.75, 3.05) is 39.4 Å². The van der Waals surface area contributed by atoms with Gasteiger partial charge in [-0.15, -0.1) is 0 Å². The quantitative estimate of drug-likeness (QED) is 0.610. The average Bonchev–Trinajstić information content (AvgIpc) is 2.94. The molecule has 27 heavy (non-hydrogen) atoms. The van der Waals surface area contributed by atoms with Gasteiger partial charge in [0.1, 0.15) is 5.69 Å². The van der Waals surface area contributed by atoms with E-state index in [9.17, 15) is 19.2 Å². The van der Waals surface area contributed by atoms with Crippen LogP contribution in [0.15, 0.2) is 0 Å². The van der Waals surface area contributed by atoms with Gasteiger partial charge in [0.25, 0.3) is 5.91 Å². The van der Waals surface area contributed by atoms with Crippen LogP contribution in [0.2, 0.25) is 0 Å². The third-order valence-corrected chi connectivity index (χ3v) is 4.48. The molecule has 1 aliphatic rings. The number of aryl methyl sites for hydroxylation is 1. The first-order valence-electron chi connectivity index (χ1n) is 8.82. The van der Waals surface area contributed by atoms with Gasteiger partial charge in [-0.1, -0.05) is 0 Å². The van der Waals surface area contributed by atoms with Crippen LogP contribution in [0.4, 0.5) is 4.79 Å². The van der Waals surface area contributed by atoms with Crippen LogP contribution in [-0.4, -0.2) is 77.9 Å². The lowest BCUT2D eigenvalue weighted by Crippen LogP contribution is -2.51. The Kier molecular flexibility index (Phi) is 6.59. The van der Waals surface area contributed by atoms with Gasteiger partial charge in [0, 0.05) is 37.4 Å². The molecule has 1 aliphatic heterocycles. The Hall–Kier alpha value is -2.84. The van der Waals surface area contributed by atoms with Gasteiger partial charge in [-0.2, -0.15) is 0 Å². The fraction of sp³-hybridized carbons (Fsp3) is 0.556. The van der Waals surface area contributed by atoms with Crippen LogP contribution in [0, 0.1) is 13.8 Å². The van der Waals surface area contributed by atoms with Crippen LogP contribution in [0.3, 0.4) is 0 Å². The topological polar surface area (TPSA) is 109 Å². The minimum atomic E-state index is -0.679. The van der Waals surface area contributed by atoms with Crippen LogP contribution in [0.25, 0.3) is 0 Å². The SMILES string of the molecule is CCOC(=O)N1CCN(C(=O)COC(=O)c2[nH]c(C)c(C(C)=O)c2C)CC1. The smallest absolute Gasteiger partial charge is 0.409 e. The minimum absolute atomic E-state index is 0.143. The van der Waals surface area contributed by atoms with E-state index in [2.05, 4.69) is 4.98 Å². The van der Waals surface area contributed by atoms with Crippen molar-refractivity contribution in [1.29, 1.82) is 0 Å². The average molecular weight is 379 g/mol. The van der Waals surface area contributed by atoms with Crippen molar-refractivity contribution in [3.63, 3.8) is 0 Å². The standard InChI is InChI=1S/C18H25N3O6/c1-5-26-18(25)21-8-6-20(7-9-21)14(23)10-27-17(24)16-11(2)15(13(4)22)12(3)19-16/h19H,5-10H2,1-4H3. The van der Waals surface area contributed by atoms with E-state index < -0.39 is 18.7 Å². The number of rotatable bonds is 5. The fourth-order valence-corrected chi connectivity index (χ4v) is 3.13. The van der Waals surface area contributed by atoms with Crippen LogP contribution in [0.1, 0.15) is 46.0 Å². The number of ketones is 1. The minimum Gasteiger partial charge on any atom is -0.451 e. The molecule has 0 atom stereocenters. The van der Waals surface area contributed by atoms with Crippen LogP contribution in [-0.2, 0) is 14.3 Å². The van der Waals surface area contributed by atoms with Gasteiger partial charge in [-0.05, 0) is 33.3 Å². The molecular formula is C18H25N3O6. The van der Waals surface area contributed by atoms with Gasteiger partial charge in [0.2, 0.25) is 0 Å². The second-order valence-corrected chi connectivity index (χ2v) is 6.32. The number of Topliss-reactive ketones (excluding diaryl/α,β-unsaturated/α-hetero) is 1. The molecule has 9 nitrogen and oxygen atoms in total. The molecule has 1 N–H and O–H groups in total. The zero-order chi connectivity index (χ0) is 20.1. The number of carbonyl (C=O) groups excluding carboxylic acids is 4. The number of esters is 1. The Balaban J connectivity index is 1.88. The van der Waals surface area contributed by atoms with Crippen molar-refractivity contribution in [2.45, 2.75) is 27.7 Å². The number of amides is 2. The predicted molar refractivity (Wildman–Crippen MR) is 95.7 cm³/mol. The molecule has 1 aromatic heterocycles. The number of aromatic nitrogens is 1. The van der Waals surface area contributed by atoms with E-state index in [1.54, 1.807) is 20.8 Å². The second kappa shape index (κ2) is 8.70. The number of aromatic amines is 1. The van der Waals surface area contributed by atoms with Crippen molar-refractivity contribution in [3.05, 3.63) is 22.5 Å². The number of nitrogens with zero attached hydrogens (tertiary/aromatic N) is 2. The molecule has 0 unspecified atom stereocenters. The van der Waals surface area contributed by atoms with Gasteiger partial charge < -0.3 is 24.3 Å². The van der Waals surface area contributed by atoms with Crippen LogP contribution < -0.4 is 0 Å². The zero-order valence-corrected chi connectivity index (χ0v) is 16.1. The van der Waals surface area contributed by atoms with Gasteiger partial charge >= 0.3 is 12.1 Å². The summed E-state index contributed by atoms with van der Waals surface area (Å²) in [5.41, 5.74) is 1.75.